The molecule has 0 aliphatic carbocycles. The Hall–Kier alpha value is -0.540. The van der Waals surface area contributed by atoms with Crippen LogP contribution in [-0.4, -0.2) is 7.11 Å². The van der Waals surface area contributed by atoms with Crippen LogP contribution in [0.2, 0.25) is 0 Å². The molecule has 1 heterocycles. The van der Waals surface area contributed by atoms with E-state index < -0.39 is 0 Å². The largest absolute Gasteiger partial charge is 0.279 e. The molecule has 0 aliphatic rings. The third-order valence-corrected chi connectivity index (χ3v) is 1.42. The molecular formula is C5H7NOS. The molecule has 1 N–H and O–H groups in total. The van der Waals surface area contributed by atoms with Gasteiger partial charge in [0.05, 0.1) is 12.8 Å². The molecule has 0 aromatic carbocycles. The minimum absolute atomic E-state index is 1.01. The van der Waals surface area contributed by atoms with Gasteiger partial charge in [-0.15, -0.1) is 0 Å². The second-order valence-corrected chi connectivity index (χ2v) is 2.10. The fraction of sp³-hybridized carbons (Fsp3) is 0.200. The highest BCUT2D eigenvalue weighted by atomic mass is 32.1. The second kappa shape index (κ2) is 2.69. The van der Waals surface area contributed by atoms with Crippen molar-refractivity contribution in [3.05, 3.63) is 16.8 Å². The number of anilines is 1. The lowest BCUT2D eigenvalue weighted by atomic mass is 10.6. The summed E-state index contributed by atoms with van der Waals surface area (Å²) in [5.41, 5.74) is 3.71. The number of hydrogen-bond acceptors (Lipinski definition) is 3. The number of rotatable bonds is 2. The third-order valence-electron chi connectivity index (χ3n) is 0.741. The Morgan fingerprint density at radius 1 is 1.75 bits per heavy atom. The summed E-state index contributed by atoms with van der Waals surface area (Å²) in [5.74, 6) is 0. The predicted octanol–water partition coefficient (Wildman–Crippen LogP) is 1.72. The molecule has 44 valence electrons. The molecule has 3 heteroatoms. The van der Waals surface area contributed by atoms with Gasteiger partial charge >= 0.3 is 0 Å². The van der Waals surface area contributed by atoms with E-state index in [0.717, 1.165) is 5.69 Å². The Balaban J connectivity index is 2.50. The molecule has 0 saturated carbocycles. The van der Waals surface area contributed by atoms with Crippen molar-refractivity contribution in [2.24, 2.45) is 0 Å². The summed E-state index contributed by atoms with van der Waals surface area (Å²) in [6.45, 7) is 0. The van der Waals surface area contributed by atoms with Crippen molar-refractivity contribution in [2.75, 3.05) is 12.6 Å². The van der Waals surface area contributed by atoms with Crippen molar-refractivity contribution >= 4 is 17.0 Å². The van der Waals surface area contributed by atoms with Gasteiger partial charge in [-0.2, -0.15) is 11.3 Å². The van der Waals surface area contributed by atoms with Crippen molar-refractivity contribution in [2.45, 2.75) is 0 Å². The van der Waals surface area contributed by atoms with Gasteiger partial charge in [-0.25, -0.2) is 0 Å². The van der Waals surface area contributed by atoms with Crippen molar-refractivity contribution in [1.82, 2.24) is 0 Å². The Labute approximate surface area is 52.1 Å². The second-order valence-electron chi connectivity index (χ2n) is 1.32. The normalized spacial score (nSPS) is 9.12. The molecule has 1 aromatic heterocycles. The quantitative estimate of drug-likeness (QED) is 0.614. The summed E-state index contributed by atoms with van der Waals surface area (Å²) in [6.07, 6.45) is 0. The zero-order chi connectivity index (χ0) is 5.82. The van der Waals surface area contributed by atoms with E-state index in [1.807, 2.05) is 16.8 Å². The molecule has 0 saturated heterocycles. The molecule has 2 nitrogen and oxygen atoms in total. The van der Waals surface area contributed by atoms with Gasteiger partial charge in [0.1, 0.15) is 0 Å². The van der Waals surface area contributed by atoms with Crippen molar-refractivity contribution in [3.8, 4) is 0 Å². The van der Waals surface area contributed by atoms with E-state index in [2.05, 4.69) is 10.3 Å². The lowest BCUT2D eigenvalue weighted by molar-refractivity contribution is 0.271. The Morgan fingerprint density at radius 3 is 3.12 bits per heavy atom. The molecule has 0 amide bonds. The molecule has 0 aliphatic heterocycles. The summed E-state index contributed by atoms with van der Waals surface area (Å²) in [6, 6.07) is 1.95. The summed E-state index contributed by atoms with van der Waals surface area (Å²) >= 11 is 1.64. The molecule has 1 aromatic rings. The van der Waals surface area contributed by atoms with Gasteiger partial charge in [0, 0.05) is 5.38 Å². The van der Waals surface area contributed by atoms with Crippen LogP contribution in [0, 0.1) is 0 Å². The minimum atomic E-state index is 1.01. The van der Waals surface area contributed by atoms with Crippen molar-refractivity contribution < 1.29 is 4.84 Å². The fourth-order valence-electron chi connectivity index (χ4n) is 0.440. The first kappa shape index (κ1) is 5.59. The lowest BCUT2D eigenvalue weighted by Gasteiger charge is -1.94. The van der Waals surface area contributed by atoms with Gasteiger partial charge in [0.25, 0.3) is 0 Å². The van der Waals surface area contributed by atoms with Gasteiger partial charge in [-0.3, -0.25) is 10.3 Å². The summed E-state index contributed by atoms with van der Waals surface area (Å²) in [4.78, 5) is 4.64. The van der Waals surface area contributed by atoms with Crippen molar-refractivity contribution in [3.63, 3.8) is 0 Å². The molecule has 0 bridgehead atoms. The first-order chi connectivity index (χ1) is 3.93. The number of nitrogens with one attached hydrogen (secondary N) is 1. The Kier molecular flexibility index (Phi) is 1.88. The van der Waals surface area contributed by atoms with Crippen LogP contribution in [-0.2, 0) is 4.84 Å². The third kappa shape index (κ3) is 1.21. The number of hydrogen-bond donors (Lipinski definition) is 1. The minimum Gasteiger partial charge on any atom is -0.279 e. The van der Waals surface area contributed by atoms with Gasteiger partial charge < -0.3 is 0 Å². The predicted molar refractivity (Wildman–Crippen MR) is 35.0 cm³/mol. The van der Waals surface area contributed by atoms with E-state index in [1.54, 1.807) is 18.4 Å². The first-order valence-corrected chi connectivity index (χ1v) is 3.19. The Bertz CT molecular complexity index is 138. The van der Waals surface area contributed by atoms with E-state index in [1.165, 1.54) is 0 Å². The molecule has 0 unspecified atom stereocenters. The average molecular weight is 129 g/mol. The smallest absolute Gasteiger partial charge is 0.0711 e. The highest BCUT2D eigenvalue weighted by Gasteiger charge is 1.84. The van der Waals surface area contributed by atoms with Crippen LogP contribution in [0.5, 0.6) is 0 Å². The van der Waals surface area contributed by atoms with E-state index in [-0.39, 0.29) is 0 Å². The maximum Gasteiger partial charge on any atom is 0.0711 e. The van der Waals surface area contributed by atoms with Crippen LogP contribution in [0.4, 0.5) is 5.69 Å². The van der Waals surface area contributed by atoms with Gasteiger partial charge in [0.15, 0.2) is 0 Å². The van der Waals surface area contributed by atoms with Crippen LogP contribution >= 0.6 is 11.3 Å². The van der Waals surface area contributed by atoms with Crippen molar-refractivity contribution in [1.29, 1.82) is 0 Å². The van der Waals surface area contributed by atoms with Crippen LogP contribution < -0.4 is 5.48 Å². The summed E-state index contributed by atoms with van der Waals surface area (Å²) in [5, 5.41) is 3.96. The highest BCUT2D eigenvalue weighted by molar-refractivity contribution is 7.08. The molecule has 0 atom stereocenters. The molecule has 8 heavy (non-hydrogen) atoms. The fourth-order valence-corrected chi connectivity index (χ4v) is 1.02. The maximum absolute atomic E-state index is 4.64. The molecule has 0 radical (unpaired) electrons. The molecule has 0 spiro atoms. The monoisotopic (exact) mass is 129 g/mol. The van der Waals surface area contributed by atoms with Crippen LogP contribution in [0.1, 0.15) is 0 Å². The standard InChI is InChI=1S/C5H7NOS/c1-7-6-5-2-3-8-4-5/h2-4,6H,1H3. The van der Waals surface area contributed by atoms with Gasteiger partial charge in [-0.1, -0.05) is 0 Å². The first-order valence-electron chi connectivity index (χ1n) is 2.24. The summed E-state index contributed by atoms with van der Waals surface area (Å²) < 4.78 is 0. The van der Waals surface area contributed by atoms with E-state index in [9.17, 15) is 0 Å². The van der Waals surface area contributed by atoms with Crippen LogP contribution in [0.15, 0.2) is 16.8 Å². The topological polar surface area (TPSA) is 21.3 Å². The van der Waals surface area contributed by atoms with E-state index in [0.29, 0.717) is 0 Å². The number of thiophene rings is 1. The molecular weight excluding hydrogens is 122 g/mol. The zero-order valence-electron chi connectivity index (χ0n) is 4.55. The van der Waals surface area contributed by atoms with Crippen LogP contribution in [0.3, 0.4) is 0 Å². The zero-order valence-corrected chi connectivity index (χ0v) is 5.37. The van der Waals surface area contributed by atoms with E-state index >= 15 is 0 Å². The average Bonchev–Trinajstić information content (AvgIpc) is 2.19. The van der Waals surface area contributed by atoms with Gasteiger partial charge in [0.2, 0.25) is 0 Å². The highest BCUT2D eigenvalue weighted by Crippen LogP contribution is 2.10. The Morgan fingerprint density at radius 2 is 2.62 bits per heavy atom. The van der Waals surface area contributed by atoms with Gasteiger partial charge in [-0.05, 0) is 11.4 Å². The molecule has 1 rings (SSSR count). The summed E-state index contributed by atoms with van der Waals surface area (Å²) in [7, 11) is 1.59. The van der Waals surface area contributed by atoms with Crippen LogP contribution in [0.25, 0.3) is 0 Å². The SMILES string of the molecule is CONc1ccsc1. The maximum atomic E-state index is 4.64. The lowest BCUT2D eigenvalue weighted by Crippen LogP contribution is -1.91. The molecule has 0 fully saturated rings. The van der Waals surface area contributed by atoms with E-state index in [4.69, 9.17) is 0 Å².